The first-order valence-electron chi connectivity index (χ1n) is 5.21. The topological polar surface area (TPSA) is 29.5 Å². The Balaban J connectivity index is 2.44. The third-order valence-corrected chi connectivity index (χ3v) is 2.45. The first kappa shape index (κ1) is 12.3. The Morgan fingerprint density at radius 3 is 2.69 bits per heavy atom. The summed E-state index contributed by atoms with van der Waals surface area (Å²) in [7, 11) is 1.69. The molecule has 0 spiro atoms. The molecule has 0 N–H and O–H groups in total. The molecule has 0 heterocycles. The minimum absolute atomic E-state index is 0.0247. The van der Waals surface area contributed by atoms with E-state index >= 15 is 0 Å². The molecule has 1 unspecified atom stereocenters. The third-order valence-electron chi connectivity index (χ3n) is 2.45. The second-order valence-corrected chi connectivity index (χ2v) is 3.63. The summed E-state index contributed by atoms with van der Waals surface area (Å²) in [5.74, 6) is 0. The van der Waals surface area contributed by atoms with Crippen molar-refractivity contribution in [2.75, 3.05) is 7.05 Å². The van der Waals surface area contributed by atoms with Gasteiger partial charge in [0.15, 0.2) is 0 Å². The van der Waals surface area contributed by atoms with Crippen LogP contribution in [-0.4, -0.2) is 24.1 Å². The van der Waals surface area contributed by atoms with Gasteiger partial charge in [0.1, 0.15) is 6.61 Å². The highest BCUT2D eigenvalue weighted by Crippen LogP contribution is 2.04. The van der Waals surface area contributed by atoms with Crippen molar-refractivity contribution in [3.8, 4) is 0 Å². The molecule has 0 saturated heterocycles. The summed E-state index contributed by atoms with van der Waals surface area (Å²) < 4.78 is 5.15. The number of rotatable bonds is 4. The van der Waals surface area contributed by atoms with E-state index in [-0.39, 0.29) is 12.1 Å². The van der Waals surface area contributed by atoms with Crippen LogP contribution in [0.4, 0.5) is 4.79 Å². The second-order valence-electron chi connectivity index (χ2n) is 3.63. The van der Waals surface area contributed by atoms with Crippen molar-refractivity contribution in [1.82, 2.24) is 4.90 Å². The van der Waals surface area contributed by atoms with Gasteiger partial charge >= 0.3 is 6.09 Å². The number of carbonyl (C=O) groups excluding carboxylic acids is 1. The van der Waals surface area contributed by atoms with Gasteiger partial charge in [0.2, 0.25) is 0 Å². The Labute approximate surface area is 96.3 Å². The van der Waals surface area contributed by atoms with Crippen molar-refractivity contribution in [3.05, 3.63) is 48.6 Å². The second kappa shape index (κ2) is 5.95. The molecule has 0 radical (unpaired) electrons. The van der Waals surface area contributed by atoms with E-state index in [9.17, 15) is 4.79 Å². The standard InChI is InChI=1S/C13H17NO2/c1-4-11(2)14(3)13(15)16-10-12-8-6-5-7-9-12/h4-9,11H,1,10H2,2-3H3. The molecule has 0 aliphatic carbocycles. The highest BCUT2D eigenvalue weighted by molar-refractivity contribution is 5.67. The molecule has 1 amide bonds. The van der Waals surface area contributed by atoms with Crippen LogP contribution in [-0.2, 0) is 11.3 Å². The molecule has 0 saturated carbocycles. The molecule has 1 atom stereocenters. The normalized spacial score (nSPS) is 11.6. The molecule has 3 nitrogen and oxygen atoms in total. The Hall–Kier alpha value is -1.77. The van der Waals surface area contributed by atoms with E-state index in [0.29, 0.717) is 6.61 Å². The van der Waals surface area contributed by atoms with Crippen LogP contribution >= 0.6 is 0 Å². The van der Waals surface area contributed by atoms with Gasteiger partial charge < -0.3 is 9.64 Å². The molecule has 3 heteroatoms. The van der Waals surface area contributed by atoms with Gasteiger partial charge in [-0.05, 0) is 12.5 Å². The van der Waals surface area contributed by atoms with Crippen molar-refractivity contribution in [1.29, 1.82) is 0 Å². The van der Waals surface area contributed by atoms with Gasteiger partial charge in [0.05, 0.1) is 0 Å². The van der Waals surface area contributed by atoms with Crippen LogP contribution in [0.3, 0.4) is 0 Å². The summed E-state index contributed by atoms with van der Waals surface area (Å²) in [5, 5.41) is 0. The van der Waals surface area contributed by atoms with E-state index in [4.69, 9.17) is 4.74 Å². The van der Waals surface area contributed by atoms with E-state index in [1.807, 2.05) is 37.3 Å². The molecule has 0 aliphatic heterocycles. The highest BCUT2D eigenvalue weighted by Gasteiger charge is 2.13. The zero-order chi connectivity index (χ0) is 12.0. The lowest BCUT2D eigenvalue weighted by Crippen LogP contribution is -2.34. The SMILES string of the molecule is C=CC(C)N(C)C(=O)OCc1ccccc1. The molecule has 86 valence electrons. The molecule has 1 aromatic rings. The van der Waals surface area contributed by atoms with Crippen LogP contribution in [0.5, 0.6) is 0 Å². The van der Waals surface area contributed by atoms with Gasteiger partial charge in [0.25, 0.3) is 0 Å². The maximum absolute atomic E-state index is 11.6. The molecule has 1 aromatic carbocycles. The van der Waals surface area contributed by atoms with Crippen LogP contribution in [0.2, 0.25) is 0 Å². The predicted molar refractivity (Wildman–Crippen MR) is 64.0 cm³/mol. The number of benzene rings is 1. The quantitative estimate of drug-likeness (QED) is 0.729. The molecule has 0 fully saturated rings. The van der Waals surface area contributed by atoms with E-state index < -0.39 is 0 Å². The molecular formula is C13H17NO2. The smallest absolute Gasteiger partial charge is 0.410 e. The zero-order valence-corrected chi connectivity index (χ0v) is 9.72. The summed E-state index contributed by atoms with van der Waals surface area (Å²) in [6.07, 6.45) is 1.36. The molecular weight excluding hydrogens is 202 g/mol. The number of likely N-dealkylation sites (N-methyl/N-ethyl adjacent to an activating group) is 1. The molecule has 0 aliphatic rings. The highest BCUT2D eigenvalue weighted by atomic mass is 16.6. The number of hydrogen-bond donors (Lipinski definition) is 0. The Morgan fingerprint density at radius 1 is 1.50 bits per heavy atom. The maximum atomic E-state index is 11.6. The van der Waals surface area contributed by atoms with Crippen LogP contribution in [0.25, 0.3) is 0 Å². The van der Waals surface area contributed by atoms with Gasteiger partial charge in [-0.3, -0.25) is 0 Å². The van der Waals surface area contributed by atoms with Gasteiger partial charge in [-0.1, -0.05) is 36.4 Å². The van der Waals surface area contributed by atoms with Crippen molar-refractivity contribution in [2.24, 2.45) is 0 Å². The van der Waals surface area contributed by atoms with Crippen molar-refractivity contribution < 1.29 is 9.53 Å². The van der Waals surface area contributed by atoms with Crippen LogP contribution < -0.4 is 0 Å². The predicted octanol–water partition coefficient (Wildman–Crippen LogP) is 2.83. The summed E-state index contributed by atoms with van der Waals surface area (Å²) in [5.41, 5.74) is 0.982. The number of hydrogen-bond acceptors (Lipinski definition) is 2. The van der Waals surface area contributed by atoms with Crippen molar-refractivity contribution in [2.45, 2.75) is 19.6 Å². The average Bonchev–Trinajstić information content (AvgIpc) is 2.35. The molecule has 1 rings (SSSR count). The third kappa shape index (κ3) is 3.42. The fraction of sp³-hybridized carbons (Fsp3) is 0.308. The number of nitrogens with zero attached hydrogens (tertiary/aromatic N) is 1. The van der Waals surface area contributed by atoms with Crippen molar-refractivity contribution >= 4 is 6.09 Å². The van der Waals surface area contributed by atoms with E-state index in [2.05, 4.69) is 6.58 Å². The minimum atomic E-state index is -0.337. The fourth-order valence-electron chi connectivity index (χ4n) is 1.15. The lowest BCUT2D eigenvalue weighted by molar-refractivity contribution is 0.0992. The van der Waals surface area contributed by atoms with Gasteiger partial charge in [0, 0.05) is 13.1 Å². The van der Waals surface area contributed by atoms with Crippen molar-refractivity contribution in [3.63, 3.8) is 0 Å². The molecule has 0 aromatic heterocycles. The average molecular weight is 219 g/mol. The maximum Gasteiger partial charge on any atom is 0.410 e. The van der Waals surface area contributed by atoms with E-state index in [1.165, 1.54) is 4.90 Å². The summed E-state index contributed by atoms with van der Waals surface area (Å²) >= 11 is 0. The number of carbonyl (C=O) groups is 1. The van der Waals surface area contributed by atoms with Gasteiger partial charge in [-0.2, -0.15) is 0 Å². The lowest BCUT2D eigenvalue weighted by atomic mass is 10.2. The van der Waals surface area contributed by atoms with E-state index in [1.54, 1.807) is 13.1 Å². The van der Waals surface area contributed by atoms with Crippen LogP contribution in [0, 0.1) is 0 Å². The molecule has 16 heavy (non-hydrogen) atoms. The van der Waals surface area contributed by atoms with Gasteiger partial charge in [-0.25, -0.2) is 4.79 Å². The summed E-state index contributed by atoms with van der Waals surface area (Å²) in [4.78, 5) is 13.1. The molecule has 0 bridgehead atoms. The van der Waals surface area contributed by atoms with Crippen LogP contribution in [0.1, 0.15) is 12.5 Å². The monoisotopic (exact) mass is 219 g/mol. The Kier molecular flexibility index (Phi) is 4.58. The van der Waals surface area contributed by atoms with Gasteiger partial charge in [-0.15, -0.1) is 6.58 Å². The zero-order valence-electron chi connectivity index (χ0n) is 9.72. The first-order valence-corrected chi connectivity index (χ1v) is 5.21. The Bertz CT molecular complexity index is 348. The minimum Gasteiger partial charge on any atom is -0.445 e. The lowest BCUT2D eigenvalue weighted by Gasteiger charge is -2.21. The Morgan fingerprint density at radius 2 is 2.12 bits per heavy atom. The number of amides is 1. The van der Waals surface area contributed by atoms with Crippen LogP contribution in [0.15, 0.2) is 43.0 Å². The number of ether oxygens (including phenoxy) is 1. The van der Waals surface area contributed by atoms with E-state index in [0.717, 1.165) is 5.56 Å². The summed E-state index contributed by atoms with van der Waals surface area (Å²) in [6, 6.07) is 9.58. The summed E-state index contributed by atoms with van der Waals surface area (Å²) in [6.45, 7) is 5.82. The fourth-order valence-corrected chi connectivity index (χ4v) is 1.15. The first-order chi connectivity index (χ1) is 7.65. The largest absolute Gasteiger partial charge is 0.445 e.